The summed E-state index contributed by atoms with van der Waals surface area (Å²) in [6, 6.07) is 6.23. The number of hydrogen-bond donors (Lipinski definition) is 2. The Morgan fingerprint density at radius 1 is 1.26 bits per heavy atom. The average Bonchev–Trinajstić information content (AvgIpc) is 2.65. The Kier molecular flexibility index (Phi) is 2.11. The van der Waals surface area contributed by atoms with Crippen molar-refractivity contribution in [1.29, 1.82) is 0 Å². The van der Waals surface area contributed by atoms with E-state index in [0.717, 1.165) is 0 Å². The molecule has 3 rings (SSSR count). The van der Waals surface area contributed by atoms with Gasteiger partial charge in [-0.1, -0.05) is 24.3 Å². The van der Waals surface area contributed by atoms with Crippen molar-refractivity contribution < 1.29 is 24.5 Å². The Bertz CT molecular complexity index is 660. The summed E-state index contributed by atoms with van der Waals surface area (Å²) >= 11 is 0. The minimum Gasteiger partial charge on any atom is -0.458 e. The minimum atomic E-state index is -2.35. The van der Waals surface area contributed by atoms with Crippen molar-refractivity contribution in [2.45, 2.75) is 25.2 Å². The predicted molar refractivity (Wildman–Crippen MR) is 64.1 cm³/mol. The summed E-state index contributed by atoms with van der Waals surface area (Å²) in [5.74, 6) is -3.36. The smallest absolute Gasteiger partial charge is 0.276 e. The molecule has 2 aliphatic rings. The quantitative estimate of drug-likeness (QED) is 0.774. The molecule has 0 unspecified atom stereocenters. The predicted octanol–water partition coefficient (Wildman–Crippen LogP) is 0.652. The molecule has 1 aliphatic heterocycles. The molecule has 1 aromatic rings. The van der Waals surface area contributed by atoms with Crippen molar-refractivity contribution in [3.63, 3.8) is 0 Å². The first kappa shape index (κ1) is 12.1. The summed E-state index contributed by atoms with van der Waals surface area (Å²) in [7, 11) is 0. The lowest BCUT2D eigenvalue weighted by atomic mass is 9.84. The van der Waals surface area contributed by atoms with Crippen LogP contribution in [0.15, 0.2) is 35.6 Å². The first-order valence-electron chi connectivity index (χ1n) is 5.84. The van der Waals surface area contributed by atoms with Crippen molar-refractivity contribution in [3.8, 4) is 0 Å². The lowest BCUT2D eigenvalue weighted by Gasteiger charge is -2.30. The second-order valence-electron chi connectivity index (χ2n) is 4.82. The highest BCUT2D eigenvalue weighted by Crippen LogP contribution is 2.54. The average molecular weight is 260 g/mol. The number of allylic oxidation sites excluding steroid dienone is 1. The van der Waals surface area contributed by atoms with Crippen LogP contribution in [0.25, 0.3) is 0 Å². The van der Waals surface area contributed by atoms with Gasteiger partial charge in [0.15, 0.2) is 5.78 Å². The van der Waals surface area contributed by atoms with Gasteiger partial charge in [-0.3, -0.25) is 9.59 Å². The summed E-state index contributed by atoms with van der Waals surface area (Å²) in [6.45, 7) is 2.67. The highest BCUT2D eigenvalue weighted by atomic mass is 16.7. The van der Waals surface area contributed by atoms with Gasteiger partial charge >= 0.3 is 0 Å². The maximum absolute atomic E-state index is 12.4. The Hall–Kier alpha value is -1.98. The van der Waals surface area contributed by atoms with E-state index in [-0.39, 0.29) is 22.5 Å². The number of fused-ring (bicyclic) bond motifs is 3. The zero-order chi connectivity index (χ0) is 14.0. The van der Waals surface area contributed by atoms with Gasteiger partial charge in [0.1, 0.15) is 5.76 Å². The molecule has 0 fully saturated rings. The SMILES string of the molecule is CC(=O)C1=C(C)O[C@@]2(O)c3ccccc3C(=O)[C@]12O. The maximum Gasteiger partial charge on any atom is 0.276 e. The molecule has 1 aliphatic carbocycles. The summed E-state index contributed by atoms with van der Waals surface area (Å²) in [5.41, 5.74) is -2.19. The number of Topliss-reactive ketones (excluding diaryl/α,β-unsaturated/α-hetero) is 2. The highest BCUT2D eigenvalue weighted by Gasteiger charge is 2.71. The van der Waals surface area contributed by atoms with E-state index in [1.807, 2.05) is 0 Å². The number of benzene rings is 1. The van der Waals surface area contributed by atoms with Crippen LogP contribution in [-0.4, -0.2) is 27.4 Å². The van der Waals surface area contributed by atoms with Gasteiger partial charge < -0.3 is 14.9 Å². The van der Waals surface area contributed by atoms with Crippen LogP contribution < -0.4 is 0 Å². The van der Waals surface area contributed by atoms with E-state index < -0.39 is 23.0 Å². The molecule has 0 saturated heterocycles. The van der Waals surface area contributed by atoms with Crippen LogP contribution in [0.1, 0.15) is 29.8 Å². The van der Waals surface area contributed by atoms with Gasteiger partial charge in [0.2, 0.25) is 11.4 Å². The number of ether oxygens (including phenoxy) is 1. The third-order valence-corrected chi connectivity index (χ3v) is 3.72. The normalized spacial score (nSPS) is 32.1. The first-order valence-corrected chi connectivity index (χ1v) is 5.84. The van der Waals surface area contributed by atoms with Gasteiger partial charge in [0.25, 0.3) is 5.79 Å². The second kappa shape index (κ2) is 3.31. The number of carbonyl (C=O) groups excluding carboxylic acids is 2. The minimum absolute atomic E-state index is 0.0698. The molecule has 98 valence electrons. The zero-order valence-corrected chi connectivity index (χ0v) is 10.4. The Balaban J connectivity index is 2.33. The largest absolute Gasteiger partial charge is 0.458 e. The van der Waals surface area contributed by atoms with Crippen LogP contribution in [0.2, 0.25) is 0 Å². The van der Waals surface area contributed by atoms with Crippen molar-refractivity contribution in [2.75, 3.05) is 0 Å². The van der Waals surface area contributed by atoms with Crippen LogP contribution >= 0.6 is 0 Å². The summed E-state index contributed by atoms with van der Waals surface area (Å²) in [5, 5.41) is 21.3. The summed E-state index contributed by atoms with van der Waals surface area (Å²) in [6.07, 6.45) is 0. The first-order chi connectivity index (χ1) is 8.84. The lowest BCUT2D eigenvalue weighted by Crippen LogP contribution is -2.52. The molecule has 0 spiro atoms. The molecule has 0 aromatic heterocycles. The van der Waals surface area contributed by atoms with Gasteiger partial charge in [0, 0.05) is 11.1 Å². The molecule has 19 heavy (non-hydrogen) atoms. The van der Waals surface area contributed by atoms with Crippen molar-refractivity contribution in [1.82, 2.24) is 0 Å². The zero-order valence-electron chi connectivity index (χ0n) is 10.4. The molecule has 0 saturated carbocycles. The van der Waals surface area contributed by atoms with E-state index in [0.29, 0.717) is 0 Å². The van der Waals surface area contributed by atoms with Gasteiger partial charge in [-0.15, -0.1) is 0 Å². The van der Waals surface area contributed by atoms with E-state index >= 15 is 0 Å². The number of aliphatic hydroxyl groups is 2. The molecule has 0 bridgehead atoms. The monoisotopic (exact) mass is 260 g/mol. The molecule has 1 heterocycles. The van der Waals surface area contributed by atoms with Crippen LogP contribution in [0.3, 0.4) is 0 Å². The molecular weight excluding hydrogens is 248 g/mol. The van der Waals surface area contributed by atoms with Gasteiger partial charge in [-0.25, -0.2) is 0 Å². The molecule has 2 atom stereocenters. The van der Waals surface area contributed by atoms with Gasteiger partial charge in [0.05, 0.1) is 5.57 Å². The third-order valence-electron chi connectivity index (χ3n) is 3.72. The van der Waals surface area contributed by atoms with Gasteiger partial charge in [-0.05, 0) is 13.8 Å². The number of hydrogen-bond acceptors (Lipinski definition) is 5. The molecule has 5 heteroatoms. The number of carbonyl (C=O) groups is 2. The van der Waals surface area contributed by atoms with E-state index in [1.165, 1.54) is 26.0 Å². The number of rotatable bonds is 1. The fraction of sp³-hybridized carbons (Fsp3) is 0.286. The van der Waals surface area contributed by atoms with Crippen molar-refractivity contribution in [3.05, 3.63) is 46.7 Å². The standard InChI is InChI=1S/C14H12O5/c1-7(15)11-8(2)19-14(18)10-6-4-3-5-9(10)12(16)13(11,14)17/h3-6,17-18H,1-2H3/t13-,14+/m1/s1. The topological polar surface area (TPSA) is 83.8 Å². The molecule has 1 aromatic carbocycles. The fourth-order valence-corrected chi connectivity index (χ4v) is 2.96. The van der Waals surface area contributed by atoms with E-state index in [1.54, 1.807) is 12.1 Å². The van der Waals surface area contributed by atoms with Crippen LogP contribution in [0.4, 0.5) is 0 Å². The van der Waals surface area contributed by atoms with Crippen LogP contribution in [0.5, 0.6) is 0 Å². The number of ketones is 2. The third kappa shape index (κ3) is 1.12. The van der Waals surface area contributed by atoms with Crippen LogP contribution in [-0.2, 0) is 15.3 Å². The van der Waals surface area contributed by atoms with Crippen molar-refractivity contribution >= 4 is 11.6 Å². The fourth-order valence-electron chi connectivity index (χ4n) is 2.96. The highest BCUT2D eigenvalue weighted by molar-refractivity contribution is 6.16. The van der Waals surface area contributed by atoms with Crippen LogP contribution in [0, 0.1) is 0 Å². The van der Waals surface area contributed by atoms with Gasteiger partial charge in [-0.2, -0.15) is 0 Å². The van der Waals surface area contributed by atoms with E-state index in [2.05, 4.69) is 0 Å². The Morgan fingerprint density at radius 2 is 1.89 bits per heavy atom. The Morgan fingerprint density at radius 3 is 2.53 bits per heavy atom. The molecule has 5 nitrogen and oxygen atoms in total. The van der Waals surface area contributed by atoms with E-state index in [4.69, 9.17) is 4.74 Å². The molecule has 0 amide bonds. The maximum atomic E-state index is 12.4. The summed E-state index contributed by atoms with van der Waals surface area (Å²) < 4.78 is 5.29. The second-order valence-corrected chi connectivity index (χ2v) is 4.82. The van der Waals surface area contributed by atoms with E-state index in [9.17, 15) is 19.8 Å². The summed E-state index contributed by atoms with van der Waals surface area (Å²) in [4.78, 5) is 24.1. The molecule has 2 N–H and O–H groups in total. The van der Waals surface area contributed by atoms with Crippen molar-refractivity contribution in [2.24, 2.45) is 0 Å². The lowest BCUT2D eigenvalue weighted by molar-refractivity contribution is -0.235. The Labute approximate surface area is 109 Å². The molecule has 0 radical (unpaired) electrons. The molecular formula is C14H12O5.